The molecule has 25 heavy (non-hydrogen) atoms. The second-order valence-corrected chi connectivity index (χ2v) is 7.73. The van der Waals surface area contributed by atoms with Gasteiger partial charge in [0.1, 0.15) is 11.8 Å². The number of ether oxygens (including phenoxy) is 1. The first-order valence-corrected chi connectivity index (χ1v) is 9.65. The molecule has 8 heteroatoms. The smallest absolute Gasteiger partial charge is 0.247 e. The quantitative estimate of drug-likeness (QED) is 0.832. The van der Waals surface area contributed by atoms with Gasteiger partial charge in [0.2, 0.25) is 15.9 Å². The first-order valence-electron chi connectivity index (χ1n) is 7.42. The predicted molar refractivity (Wildman–Crippen MR) is 99.9 cm³/mol. The third-order valence-corrected chi connectivity index (χ3v) is 4.97. The Kier molecular flexibility index (Phi) is 5.92. The summed E-state index contributed by atoms with van der Waals surface area (Å²) in [5.41, 5.74) is 0.832. The van der Waals surface area contributed by atoms with Gasteiger partial charge < -0.3 is 10.1 Å². The number of rotatable bonds is 6. The number of carbonyl (C=O) groups is 1. The lowest BCUT2D eigenvalue weighted by Gasteiger charge is -2.28. The Bertz CT molecular complexity index is 870. The molecule has 2 aromatic rings. The van der Waals surface area contributed by atoms with Crippen molar-refractivity contribution in [3.8, 4) is 5.75 Å². The molecule has 0 radical (unpaired) electrons. The molecule has 0 saturated heterocycles. The summed E-state index contributed by atoms with van der Waals surface area (Å²) in [6.45, 7) is 1.51. The van der Waals surface area contributed by atoms with E-state index in [0.29, 0.717) is 22.1 Å². The first-order chi connectivity index (χ1) is 11.7. The third-order valence-electron chi connectivity index (χ3n) is 3.49. The van der Waals surface area contributed by atoms with Crippen molar-refractivity contribution < 1.29 is 17.9 Å². The molecule has 1 unspecified atom stereocenters. The van der Waals surface area contributed by atoms with Crippen LogP contribution in [-0.2, 0) is 14.8 Å². The van der Waals surface area contributed by atoms with Crippen LogP contribution in [0.2, 0.25) is 5.02 Å². The molecule has 2 rings (SSSR count). The topological polar surface area (TPSA) is 75.7 Å². The van der Waals surface area contributed by atoms with Crippen molar-refractivity contribution >= 4 is 38.9 Å². The van der Waals surface area contributed by atoms with Crippen LogP contribution < -0.4 is 14.4 Å². The zero-order chi connectivity index (χ0) is 18.6. The second-order valence-electron chi connectivity index (χ2n) is 5.44. The van der Waals surface area contributed by atoms with Gasteiger partial charge in [0.05, 0.1) is 19.1 Å². The lowest BCUT2D eigenvalue weighted by atomic mass is 10.2. The van der Waals surface area contributed by atoms with E-state index in [1.54, 1.807) is 42.5 Å². The van der Waals surface area contributed by atoms with E-state index in [1.807, 2.05) is 0 Å². The summed E-state index contributed by atoms with van der Waals surface area (Å²) < 4.78 is 30.6. The van der Waals surface area contributed by atoms with Crippen molar-refractivity contribution in [2.24, 2.45) is 0 Å². The molecule has 134 valence electrons. The number of nitrogens with zero attached hydrogens (tertiary/aromatic N) is 1. The molecule has 0 fully saturated rings. The number of hydrogen-bond acceptors (Lipinski definition) is 4. The number of halogens is 1. The highest BCUT2D eigenvalue weighted by atomic mass is 35.5. The van der Waals surface area contributed by atoms with Gasteiger partial charge in [0.15, 0.2) is 0 Å². The van der Waals surface area contributed by atoms with Gasteiger partial charge in [-0.15, -0.1) is 0 Å². The maximum absolute atomic E-state index is 12.6. The molecule has 0 saturated carbocycles. The fourth-order valence-corrected chi connectivity index (χ4v) is 3.72. The fraction of sp³-hybridized carbons (Fsp3) is 0.235. The van der Waals surface area contributed by atoms with Gasteiger partial charge >= 0.3 is 0 Å². The van der Waals surface area contributed by atoms with Crippen molar-refractivity contribution in [1.29, 1.82) is 0 Å². The Morgan fingerprint density at radius 2 is 1.88 bits per heavy atom. The summed E-state index contributed by atoms with van der Waals surface area (Å²) in [5.74, 6) is 0.110. The van der Waals surface area contributed by atoms with Crippen molar-refractivity contribution in [3.05, 3.63) is 53.6 Å². The second kappa shape index (κ2) is 7.76. The Morgan fingerprint density at radius 3 is 2.48 bits per heavy atom. The molecule has 0 aliphatic rings. The van der Waals surface area contributed by atoms with E-state index >= 15 is 0 Å². The average Bonchev–Trinajstić information content (AvgIpc) is 2.53. The summed E-state index contributed by atoms with van der Waals surface area (Å²) in [4.78, 5) is 12.6. The minimum absolute atomic E-state index is 0.322. The Labute approximate surface area is 152 Å². The molecular formula is C17H19ClN2O4S. The number of sulfonamides is 1. The predicted octanol–water partition coefficient (Wildman–Crippen LogP) is 3.14. The van der Waals surface area contributed by atoms with E-state index in [9.17, 15) is 13.2 Å². The number of nitrogens with one attached hydrogen (secondary N) is 1. The molecule has 1 atom stereocenters. The molecule has 0 bridgehead atoms. The van der Waals surface area contributed by atoms with Gasteiger partial charge in [0.25, 0.3) is 0 Å². The minimum Gasteiger partial charge on any atom is -0.497 e. The van der Waals surface area contributed by atoms with E-state index in [2.05, 4.69) is 5.32 Å². The number of hydrogen-bond donors (Lipinski definition) is 1. The van der Waals surface area contributed by atoms with Gasteiger partial charge in [-0.3, -0.25) is 9.10 Å². The summed E-state index contributed by atoms with van der Waals surface area (Å²) in [7, 11) is -2.17. The maximum Gasteiger partial charge on any atom is 0.247 e. The lowest BCUT2D eigenvalue weighted by molar-refractivity contribution is -0.116. The molecule has 0 heterocycles. The highest BCUT2D eigenvalue weighted by Crippen LogP contribution is 2.25. The number of anilines is 2. The minimum atomic E-state index is -3.69. The van der Waals surface area contributed by atoms with Gasteiger partial charge in [0, 0.05) is 16.8 Å². The molecule has 6 nitrogen and oxygen atoms in total. The fourth-order valence-electron chi connectivity index (χ4n) is 2.37. The van der Waals surface area contributed by atoms with E-state index < -0.39 is 22.0 Å². The zero-order valence-electron chi connectivity index (χ0n) is 14.1. The summed E-state index contributed by atoms with van der Waals surface area (Å²) in [6.07, 6.45) is 1.04. The Morgan fingerprint density at radius 1 is 1.20 bits per heavy atom. The monoisotopic (exact) mass is 382 g/mol. The first kappa shape index (κ1) is 19.1. The van der Waals surface area contributed by atoms with Crippen molar-refractivity contribution in [2.75, 3.05) is 23.0 Å². The SMILES string of the molecule is COc1cccc(NC(=O)C(C)N(c2cccc(Cl)c2)S(C)(=O)=O)c1. The van der Waals surface area contributed by atoms with E-state index in [4.69, 9.17) is 16.3 Å². The Balaban J connectivity index is 2.30. The van der Waals surface area contributed by atoms with Crippen LogP contribution in [0.5, 0.6) is 5.75 Å². The van der Waals surface area contributed by atoms with Crippen molar-refractivity contribution in [1.82, 2.24) is 0 Å². The highest BCUT2D eigenvalue weighted by Gasteiger charge is 2.29. The van der Waals surface area contributed by atoms with Crippen LogP contribution in [0, 0.1) is 0 Å². The largest absolute Gasteiger partial charge is 0.497 e. The molecule has 1 amide bonds. The standard InChI is InChI=1S/C17H19ClN2O4S/c1-12(17(21)19-14-7-5-9-16(11-14)24-2)20(25(3,22)23)15-8-4-6-13(18)10-15/h4-12H,1-3H3,(H,19,21). The van der Waals surface area contributed by atoms with Gasteiger partial charge in [-0.2, -0.15) is 0 Å². The van der Waals surface area contributed by atoms with Gasteiger partial charge in [-0.05, 0) is 37.3 Å². The molecule has 1 N–H and O–H groups in total. The third kappa shape index (κ3) is 4.87. The van der Waals surface area contributed by atoms with Crippen LogP contribution in [0.1, 0.15) is 6.92 Å². The number of methoxy groups -OCH3 is 1. The summed E-state index contributed by atoms with van der Waals surface area (Å²) in [5, 5.41) is 3.08. The molecule has 0 aliphatic carbocycles. The summed E-state index contributed by atoms with van der Waals surface area (Å²) in [6, 6.07) is 12.2. The van der Waals surface area contributed by atoms with Crippen LogP contribution in [-0.4, -0.2) is 33.7 Å². The number of benzene rings is 2. The average molecular weight is 383 g/mol. The lowest BCUT2D eigenvalue weighted by Crippen LogP contribution is -2.45. The zero-order valence-corrected chi connectivity index (χ0v) is 15.6. The molecule has 2 aromatic carbocycles. The molecule has 0 spiro atoms. The number of carbonyl (C=O) groups excluding carboxylic acids is 1. The van der Waals surface area contributed by atoms with E-state index in [1.165, 1.54) is 20.1 Å². The maximum atomic E-state index is 12.6. The van der Waals surface area contributed by atoms with Crippen LogP contribution in [0.25, 0.3) is 0 Å². The molecular weight excluding hydrogens is 364 g/mol. The molecule has 0 aromatic heterocycles. The molecule has 0 aliphatic heterocycles. The van der Waals surface area contributed by atoms with Gasteiger partial charge in [-0.25, -0.2) is 8.42 Å². The van der Waals surface area contributed by atoms with Crippen LogP contribution in [0.3, 0.4) is 0 Å². The van der Waals surface area contributed by atoms with Crippen molar-refractivity contribution in [3.63, 3.8) is 0 Å². The van der Waals surface area contributed by atoms with Crippen LogP contribution in [0.4, 0.5) is 11.4 Å². The van der Waals surface area contributed by atoms with Gasteiger partial charge in [-0.1, -0.05) is 23.7 Å². The summed E-state index contributed by atoms with van der Waals surface area (Å²) >= 11 is 5.95. The Hall–Kier alpha value is -2.25. The highest BCUT2D eigenvalue weighted by molar-refractivity contribution is 7.92. The van der Waals surface area contributed by atoms with Crippen LogP contribution in [0.15, 0.2) is 48.5 Å². The number of amides is 1. The van der Waals surface area contributed by atoms with Crippen molar-refractivity contribution in [2.45, 2.75) is 13.0 Å². The van der Waals surface area contributed by atoms with E-state index in [0.717, 1.165) is 10.6 Å². The normalized spacial score (nSPS) is 12.3. The van der Waals surface area contributed by atoms with E-state index in [-0.39, 0.29) is 0 Å². The van der Waals surface area contributed by atoms with Crippen LogP contribution >= 0.6 is 11.6 Å².